The second-order valence-corrected chi connectivity index (χ2v) is 10.2. The lowest BCUT2D eigenvalue weighted by atomic mass is 9.95. The zero-order valence-electron chi connectivity index (χ0n) is 23.4. The summed E-state index contributed by atoms with van der Waals surface area (Å²) in [4.78, 5) is 16.6. The summed E-state index contributed by atoms with van der Waals surface area (Å²) in [5.74, 6) is 1.49. The first-order valence-electron chi connectivity index (χ1n) is 13.6. The summed E-state index contributed by atoms with van der Waals surface area (Å²) in [6, 6.07) is 13.4. The first-order valence-corrected chi connectivity index (χ1v) is 13.6. The van der Waals surface area contributed by atoms with Crippen molar-refractivity contribution >= 4 is 16.9 Å². The maximum Gasteiger partial charge on any atom is 0.352 e. The molecule has 9 nitrogen and oxygen atoms in total. The van der Waals surface area contributed by atoms with Crippen LogP contribution in [0.1, 0.15) is 53.2 Å². The number of carboxylic acids is 1. The Hall–Kier alpha value is -3.82. The lowest BCUT2D eigenvalue weighted by molar-refractivity contribution is -0.0523. The van der Waals surface area contributed by atoms with Crippen LogP contribution in [-0.2, 0) is 22.6 Å². The molecular weight excluding hydrogens is 512 g/mol. The van der Waals surface area contributed by atoms with Crippen LogP contribution in [-0.4, -0.2) is 53.7 Å². The number of fused-ring (bicyclic) bond motifs is 1. The van der Waals surface area contributed by atoms with Gasteiger partial charge in [0.1, 0.15) is 17.1 Å². The Kier molecular flexibility index (Phi) is 8.42. The molecule has 0 saturated heterocycles. The highest BCUT2D eigenvalue weighted by Gasteiger charge is 2.25. The van der Waals surface area contributed by atoms with E-state index in [1.807, 2.05) is 32.0 Å². The highest BCUT2D eigenvalue weighted by molar-refractivity contribution is 5.95. The van der Waals surface area contributed by atoms with Gasteiger partial charge in [-0.3, -0.25) is 0 Å². The van der Waals surface area contributed by atoms with E-state index in [9.17, 15) is 9.90 Å². The van der Waals surface area contributed by atoms with Crippen LogP contribution in [0, 0.1) is 13.8 Å². The third-order valence-corrected chi connectivity index (χ3v) is 7.49. The number of rotatable bonds is 11. The predicted octanol–water partition coefficient (Wildman–Crippen LogP) is 6.17. The second-order valence-electron chi connectivity index (χ2n) is 10.2. The number of oxazole rings is 1. The Labute approximate surface area is 233 Å². The molecule has 1 fully saturated rings. The molecule has 40 heavy (non-hydrogen) atoms. The molecule has 2 heterocycles. The van der Waals surface area contributed by atoms with Crippen molar-refractivity contribution in [3.05, 3.63) is 65.2 Å². The zero-order chi connectivity index (χ0) is 28.2. The van der Waals surface area contributed by atoms with Crippen molar-refractivity contribution in [2.45, 2.75) is 64.9 Å². The molecule has 2 aromatic carbocycles. The fourth-order valence-corrected chi connectivity index (χ4v) is 5.38. The number of ether oxygens (including phenoxy) is 4. The summed E-state index contributed by atoms with van der Waals surface area (Å²) < 4.78 is 31.0. The van der Waals surface area contributed by atoms with Crippen molar-refractivity contribution in [1.82, 2.24) is 9.55 Å². The van der Waals surface area contributed by atoms with Gasteiger partial charge in [0.15, 0.2) is 11.5 Å². The molecule has 0 radical (unpaired) electrons. The molecule has 0 amide bonds. The Morgan fingerprint density at radius 3 is 2.52 bits per heavy atom. The third-order valence-electron chi connectivity index (χ3n) is 7.49. The van der Waals surface area contributed by atoms with Crippen LogP contribution in [0.5, 0.6) is 11.5 Å². The minimum absolute atomic E-state index is 0.0461. The maximum absolute atomic E-state index is 12.0. The van der Waals surface area contributed by atoms with Crippen molar-refractivity contribution in [2.24, 2.45) is 0 Å². The molecule has 2 aromatic heterocycles. The van der Waals surface area contributed by atoms with Crippen molar-refractivity contribution in [3.8, 4) is 23.0 Å². The van der Waals surface area contributed by atoms with Gasteiger partial charge in [-0.15, -0.1) is 0 Å². The molecule has 4 aromatic rings. The quantitative estimate of drug-likeness (QED) is 0.237. The van der Waals surface area contributed by atoms with Crippen molar-refractivity contribution in [2.75, 3.05) is 20.8 Å². The maximum atomic E-state index is 12.0. The Morgan fingerprint density at radius 2 is 1.80 bits per heavy atom. The minimum atomic E-state index is -0.992. The first-order chi connectivity index (χ1) is 19.4. The van der Waals surface area contributed by atoms with Gasteiger partial charge in [0.2, 0.25) is 5.89 Å². The lowest BCUT2D eigenvalue weighted by Crippen LogP contribution is -2.29. The Bertz CT molecular complexity index is 1490. The van der Waals surface area contributed by atoms with Crippen LogP contribution in [0.3, 0.4) is 0 Å². The largest absolute Gasteiger partial charge is 0.493 e. The number of hydrogen-bond acceptors (Lipinski definition) is 7. The van der Waals surface area contributed by atoms with Gasteiger partial charge in [0, 0.05) is 23.6 Å². The highest BCUT2D eigenvalue weighted by atomic mass is 16.5. The summed E-state index contributed by atoms with van der Waals surface area (Å²) in [5, 5.41) is 10.6. The summed E-state index contributed by atoms with van der Waals surface area (Å²) in [5.41, 5.74) is 3.89. The average molecular weight is 549 g/mol. The van der Waals surface area contributed by atoms with Gasteiger partial charge in [-0.2, -0.15) is 0 Å². The number of aromatic carboxylic acids is 1. The monoisotopic (exact) mass is 548 g/mol. The molecule has 1 aliphatic carbocycles. The van der Waals surface area contributed by atoms with E-state index in [4.69, 9.17) is 23.4 Å². The van der Waals surface area contributed by atoms with E-state index in [1.165, 1.54) is 0 Å². The number of nitrogens with zero attached hydrogens (tertiary/aromatic N) is 2. The molecule has 0 bridgehead atoms. The molecule has 1 saturated carbocycles. The van der Waals surface area contributed by atoms with E-state index in [0.29, 0.717) is 37.1 Å². The molecule has 1 N–H and O–H groups in total. The predicted molar refractivity (Wildman–Crippen MR) is 150 cm³/mol. The van der Waals surface area contributed by atoms with Crippen molar-refractivity contribution in [1.29, 1.82) is 0 Å². The van der Waals surface area contributed by atoms with Crippen LogP contribution in [0.2, 0.25) is 0 Å². The van der Waals surface area contributed by atoms with Crippen molar-refractivity contribution in [3.63, 3.8) is 0 Å². The molecule has 2 unspecified atom stereocenters. The molecule has 0 spiro atoms. The number of methoxy groups -OCH3 is 2. The van der Waals surface area contributed by atoms with E-state index in [0.717, 1.165) is 59.2 Å². The SMILES string of the molecule is COc1cc2cc(C(=O)O)n(CCOC3CCCC(OCc4nc(-c5cccc(C)c5)oc4C)C3)c2cc1OC. The summed E-state index contributed by atoms with van der Waals surface area (Å²) >= 11 is 0. The topological polar surface area (TPSA) is 105 Å². The number of carboxylic acid groups (broad SMARTS) is 1. The molecular formula is C31H36N2O7. The minimum Gasteiger partial charge on any atom is -0.493 e. The van der Waals surface area contributed by atoms with E-state index in [1.54, 1.807) is 37.0 Å². The molecule has 5 rings (SSSR count). The van der Waals surface area contributed by atoms with E-state index >= 15 is 0 Å². The fraction of sp³-hybridized carbons (Fsp3) is 0.419. The van der Waals surface area contributed by atoms with Crippen LogP contribution < -0.4 is 9.47 Å². The molecule has 9 heteroatoms. The summed E-state index contributed by atoms with van der Waals surface area (Å²) in [6.07, 6.45) is 3.81. The van der Waals surface area contributed by atoms with Gasteiger partial charge in [-0.1, -0.05) is 17.7 Å². The zero-order valence-corrected chi connectivity index (χ0v) is 23.4. The Morgan fingerprint density at radius 1 is 1.05 bits per heavy atom. The van der Waals surface area contributed by atoms with Gasteiger partial charge >= 0.3 is 5.97 Å². The molecule has 1 aliphatic rings. The van der Waals surface area contributed by atoms with Gasteiger partial charge in [0.05, 0.1) is 45.2 Å². The van der Waals surface area contributed by atoms with E-state index in [-0.39, 0.29) is 17.9 Å². The Balaban J connectivity index is 1.18. The average Bonchev–Trinajstić information content (AvgIpc) is 3.51. The van der Waals surface area contributed by atoms with E-state index in [2.05, 4.69) is 11.1 Å². The number of aryl methyl sites for hydroxylation is 2. The van der Waals surface area contributed by atoms with Gasteiger partial charge in [-0.05, 0) is 63.8 Å². The fourth-order valence-electron chi connectivity index (χ4n) is 5.38. The first kappa shape index (κ1) is 27.7. The lowest BCUT2D eigenvalue weighted by Gasteiger charge is -2.29. The van der Waals surface area contributed by atoms with Gasteiger partial charge < -0.3 is 33.0 Å². The molecule has 0 aliphatic heterocycles. The highest BCUT2D eigenvalue weighted by Crippen LogP contribution is 2.34. The van der Waals surface area contributed by atoms with Gasteiger partial charge in [0.25, 0.3) is 0 Å². The standard InChI is InChI=1S/C31H36N2O7/c1-19-7-5-8-21(13-19)30-32-25(20(2)40-30)18-39-24-10-6-9-23(16-24)38-12-11-33-26-17-29(37-4)28(36-3)15-22(26)14-27(33)31(34)35/h5,7-8,13-15,17,23-24H,6,9-12,16,18H2,1-4H3,(H,34,35). The molecule has 2 atom stereocenters. The second kappa shape index (κ2) is 12.1. The van der Waals surface area contributed by atoms with Crippen molar-refractivity contribution < 1.29 is 33.3 Å². The normalized spacial score (nSPS) is 17.3. The summed E-state index contributed by atoms with van der Waals surface area (Å²) in [7, 11) is 3.12. The number of hydrogen-bond donors (Lipinski definition) is 1. The van der Waals surface area contributed by atoms with Crippen LogP contribution in [0.15, 0.2) is 46.9 Å². The third kappa shape index (κ3) is 6.00. The smallest absolute Gasteiger partial charge is 0.352 e. The number of benzene rings is 2. The van der Waals surface area contributed by atoms with Crippen LogP contribution in [0.25, 0.3) is 22.4 Å². The number of carbonyl (C=O) groups is 1. The van der Waals surface area contributed by atoms with Crippen LogP contribution >= 0.6 is 0 Å². The van der Waals surface area contributed by atoms with Gasteiger partial charge in [-0.25, -0.2) is 9.78 Å². The molecule has 212 valence electrons. The summed E-state index contributed by atoms with van der Waals surface area (Å²) in [6.45, 7) is 5.15. The van der Waals surface area contributed by atoms with E-state index < -0.39 is 5.97 Å². The van der Waals surface area contributed by atoms with Crippen LogP contribution in [0.4, 0.5) is 0 Å². The number of aromatic nitrogens is 2.